The zero-order chi connectivity index (χ0) is 25.0. The second kappa shape index (κ2) is 13.3. The molecule has 2 aromatic carbocycles. The lowest BCUT2D eigenvalue weighted by molar-refractivity contribution is -0.121. The third kappa shape index (κ3) is 8.09. The minimum Gasteiger partial charge on any atom is -0.492 e. The predicted octanol–water partition coefficient (Wildman–Crippen LogP) is 4.72. The summed E-state index contributed by atoms with van der Waals surface area (Å²) in [6, 6.07) is 25.0. The lowest BCUT2D eigenvalue weighted by Crippen LogP contribution is -2.42. The van der Waals surface area contributed by atoms with E-state index in [1.54, 1.807) is 11.3 Å². The Labute approximate surface area is 216 Å². The first-order valence-electron chi connectivity index (χ1n) is 12.0. The van der Waals surface area contributed by atoms with E-state index >= 15 is 0 Å². The van der Waals surface area contributed by atoms with Crippen LogP contribution in [0.4, 0.5) is 11.8 Å². The van der Waals surface area contributed by atoms with E-state index in [1.165, 1.54) is 4.88 Å². The highest BCUT2D eigenvalue weighted by Gasteiger charge is 2.20. The van der Waals surface area contributed by atoms with Gasteiger partial charge >= 0.3 is 0 Å². The van der Waals surface area contributed by atoms with Gasteiger partial charge in [0, 0.05) is 29.6 Å². The van der Waals surface area contributed by atoms with Gasteiger partial charge in [0.15, 0.2) is 0 Å². The summed E-state index contributed by atoms with van der Waals surface area (Å²) >= 11 is 1.74. The van der Waals surface area contributed by atoms with Crippen LogP contribution < -0.4 is 20.7 Å². The molecule has 2 aromatic heterocycles. The van der Waals surface area contributed by atoms with Gasteiger partial charge in [0.1, 0.15) is 24.2 Å². The first kappa shape index (κ1) is 25.2. The van der Waals surface area contributed by atoms with E-state index in [1.807, 2.05) is 73.7 Å². The molecule has 1 amide bonds. The minimum absolute atomic E-state index is 0.112. The topological polar surface area (TPSA) is 88.2 Å². The average Bonchev–Trinajstić information content (AvgIpc) is 3.41. The molecule has 186 valence electrons. The smallest absolute Gasteiger partial charge is 0.243 e. The normalized spacial score (nSPS) is 11.5. The van der Waals surface area contributed by atoms with Gasteiger partial charge in [0.2, 0.25) is 11.9 Å². The van der Waals surface area contributed by atoms with Gasteiger partial charge in [-0.15, -0.1) is 11.3 Å². The summed E-state index contributed by atoms with van der Waals surface area (Å²) in [5, 5.41) is 11.7. The van der Waals surface area contributed by atoms with Crippen LogP contribution >= 0.6 is 11.3 Å². The van der Waals surface area contributed by atoms with E-state index in [2.05, 4.69) is 43.4 Å². The number of hydrogen-bond donors (Lipinski definition) is 3. The third-order valence-corrected chi connectivity index (χ3v) is 6.36. The van der Waals surface area contributed by atoms with Crippen molar-refractivity contribution in [1.82, 2.24) is 15.3 Å². The van der Waals surface area contributed by atoms with E-state index < -0.39 is 6.04 Å². The van der Waals surface area contributed by atoms with Gasteiger partial charge < -0.3 is 20.7 Å². The zero-order valence-corrected chi connectivity index (χ0v) is 21.1. The van der Waals surface area contributed by atoms with Crippen molar-refractivity contribution in [2.24, 2.45) is 0 Å². The van der Waals surface area contributed by atoms with E-state index in [4.69, 9.17) is 4.74 Å². The van der Waals surface area contributed by atoms with Crippen LogP contribution in [0.1, 0.15) is 16.1 Å². The second-order valence-corrected chi connectivity index (χ2v) is 9.35. The number of aromatic nitrogens is 2. The Bertz CT molecular complexity index is 1200. The van der Waals surface area contributed by atoms with E-state index in [9.17, 15) is 4.79 Å². The van der Waals surface area contributed by atoms with Crippen LogP contribution in [0.5, 0.6) is 5.75 Å². The molecule has 0 spiro atoms. The minimum atomic E-state index is -0.502. The molecule has 1 atom stereocenters. The van der Waals surface area contributed by atoms with Gasteiger partial charge in [-0.3, -0.25) is 4.79 Å². The summed E-state index contributed by atoms with van der Waals surface area (Å²) in [7, 11) is 0. The molecular weight excluding hydrogens is 470 g/mol. The van der Waals surface area contributed by atoms with Gasteiger partial charge in [-0.1, -0.05) is 54.6 Å². The molecule has 0 aliphatic heterocycles. The molecule has 4 aromatic rings. The molecule has 0 radical (unpaired) electrons. The summed E-state index contributed by atoms with van der Waals surface area (Å²) < 4.78 is 5.71. The van der Waals surface area contributed by atoms with Crippen molar-refractivity contribution in [2.75, 3.05) is 30.3 Å². The van der Waals surface area contributed by atoms with Gasteiger partial charge in [-0.2, -0.15) is 4.98 Å². The quantitative estimate of drug-likeness (QED) is 0.230. The van der Waals surface area contributed by atoms with Crippen molar-refractivity contribution in [3.8, 4) is 5.75 Å². The number of carbonyl (C=O) groups is 1. The monoisotopic (exact) mass is 501 g/mol. The molecule has 36 heavy (non-hydrogen) atoms. The maximum Gasteiger partial charge on any atom is 0.243 e. The SMILES string of the molecule is Cc1cc(N[C@@H](Cc2ccccc2)C(=O)NCCOc2ccccc2)nc(NCCc2cccs2)n1. The van der Waals surface area contributed by atoms with Crippen LogP contribution in [0.15, 0.2) is 84.2 Å². The molecule has 3 N–H and O–H groups in total. The summed E-state index contributed by atoms with van der Waals surface area (Å²) in [4.78, 5) is 23.6. The van der Waals surface area contributed by atoms with Crippen molar-refractivity contribution in [3.63, 3.8) is 0 Å². The predicted molar refractivity (Wildman–Crippen MR) is 146 cm³/mol. The van der Waals surface area contributed by atoms with Crippen LogP contribution in [0.2, 0.25) is 0 Å². The van der Waals surface area contributed by atoms with Crippen molar-refractivity contribution in [2.45, 2.75) is 25.8 Å². The number of nitrogens with zero attached hydrogens (tertiary/aromatic N) is 2. The molecule has 0 saturated carbocycles. The first-order valence-corrected chi connectivity index (χ1v) is 12.9. The number of hydrogen-bond acceptors (Lipinski definition) is 7. The maximum atomic E-state index is 13.1. The Morgan fingerprint density at radius 1 is 0.972 bits per heavy atom. The van der Waals surface area contributed by atoms with Crippen LogP contribution in [-0.4, -0.2) is 41.6 Å². The number of carbonyl (C=O) groups excluding carboxylic acids is 1. The van der Waals surface area contributed by atoms with Gasteiger partial charge in [0.05, 0.1) is 6.54 Å². The van der Waals surface area contributed by atoms with E-state index in [-0.39, 0.29) is 5.91 Å². The lowest BCUT2D eigenvalue weighted by atomic mass is 10.1. The van der Waals surface area contributed by atoms with Crippen LogP contribution in [0.3, 0.4) is 0 Å². The molecule has 2 heterocycles. The lowest BCUT2D eigenvalue weighted by Gasteiger charge is -2.20. The maximum absolute atomic E-state index is 13.1. The summed E-state index contributed by atoms with van der Waals surface area (Å²) in [6.45, 7) is 3.45. The molecule has 0 fully saturated rings. The van der Waals surface area contributed by atoms with Crippen LogP contribution in [0.25, 0.3) is 0 Å². The number of amides is 1. The average molecular weight is 502 g/mol. The molecule has 8 heteroatoms. The van der Waals surface area contributed by atoms with Crippen molar-refractivity contribution >= 4 is 29.0 Å². The number of nitrogens with one attached hydrogen (secondary N) is 3. The Morgan fingerprint density at radius 3 is 2.50 bits per heavy atom. The van der Waals surface area contributed by atoms with Gasteiger partial charge in [-0.05, 0) is 42.5 Å². The zero-order valence-electron chi connectivity index (χ0n) is 20.3. The number of benzene rings is 2. The van der Waals surface area contributed by atoms with Crippen molar-refractivity contribution in [1.29, 1.82) is 0 Å². The highest BCUT2D eigenvalue weighted by molar-refractivity contribution is 7.09. The summed E-state index contributed by atoms with van der Waals surface area (Å²) in [5.74, 6) is 1.82. The fraction of sp³-hybridized carbons (Fsp3) is 0.250. The van der Waals surface area contributed by atoms with E-state index in [0.717, 1.165) is 30.0 Å². The molecule has 7 nitrogen and oxygen atoms in total. The first-order chi connectivity index (χ1) is 17.7. The third-order valence-electron chi connectivity index (χ3n) is 5.42. The van der Waals surface area contributed by atoms with Crippen LogP contribution in [0, 0.1) is 6.92 Å². The van der Waals surface area contributed by atoms with Crippen molar-refractivity contribution in [3.05, 3.63) is 100 Å². The van der Waals surface area contributed by atoms with Gasteiger partial charge in [-0.25, -0.2) is 4.98 Å². The van der Waals surface area contributed by atoms with Crippen LogP contribution in [-0.2, 0) is 17.6 Å². The van der Waals surface area contributed by atoms with E-state index in [0.29, 0.717) is 31.3 Å². The molecule has 0 unspecified atom stereocenters. The molecule has 0 saturated heterocycles. The number of ether oxygens (including phenoxy) is 1. The van der Waals surface area contributed by atoms with Crippen molar-refractivity contribution < 1.29 is 9.53 Å². The highest BCUT2D eigenvalue weighted by atomic mass is 32.1. The standard InChI is InChI=1S/C28H31N5O2S/c1-21-19-26(33-28(31-21)30-15-14-24-13-8-18-36-24)32-25(20-22-9-4-2-5-10-22)27(34)29-16-17-35-23-11-6-3-7-12-23/h2-13,18-19,25H,14-17,20H2,1H3,(H,29,34)(H2,30,31,32,33)/t25-/m0/s1. The Hall–Kier alpha value is -3.91. The molecular formula is C28H31N5O2S. The number of thiophene rings is 1. The number of rotatable bonds is 13. The number of para-hydroxylation sites is 1. The molecule has 0 aliphatic rings. The Kier molecular flexibility index (Phi) is 9.27. The largest absolute Gasteiger partial charge is 0.492 e. The fourth-order valence-electron chi connectivity index (χ4n) is 3.69. The molecule has 0 aliphatic carbocycles. The molecule has 4 rings (SSSR count). The summed E-state index contributed by atoms with van der Waals surface area (Å²) in [6.07, 6.45) is 1.43. The number of aryl methyl sites for hydroxylation is 1. The second-order valence-electron chi connectivity index (χ2n) is 8.31. The Balaban J connectivity index is 1.38. The molecule has 0 bridgehead atoms. The number of anilines is 2. The van der Waals surface area contributed by atoms with Gasteiger partial charge in [0.25, 0.3) is 0 Å². The highest BCUT2D eigenvalue weighted by Crippen LogP contribution is 2.15. The Morgan fingerprint density at radius 2 is 1.75 bits per heavy atom. The summed E-state index contributed by atoms with van der Waals surface area (Å²) in [5.41, 5.74) is 1.88. The fourth-order valence-corrected chi connectivity index (χ4v) is 4.40.